The van der Waals surface area contributed by atoms with Gasteiger partial charge in [-0.3, -0.25) is 0 Å². The van der Waals surface area contributed by atoms with Crippen LogP contribution in [0, 0.1) is 5.41 Å². The zero-order valence-corrected chi connectivity index (χ0v) is 12.8. The van der Waals surface area contributed by atoms with E-state index in [0.29, 0.717) is 6.42 Å². The molecule has 21 heavy (non-hydrogen) atoms. The molecule has 2 aliphatic carbocycles. The third-order valence-corrected chi connectivity index (χ3v) is 5.47. The molecule has 4 rings (SSSR count). The van der Waals surface area contributed by atoms with E-state index in [1.807, 2.05) is 6.08 Å². The Kier molecular flexibility index (Phi) is 2.95. The number of aliphatic hydroxyl groups is 1. The number of allylic oxidation sites excluding steroid dienone is 2. The van der Waals surface area contributed by atoms with Crippen molar-refractivity contribution in [2.45, 2.75) is 37.9 Å². The lowest BCUT2D eigenvalue weighted by Gasteiger charge is -2.35. The molecule has 2 aliphatic heterocycles. The Bertz CT molecular complexity index is 562. The van der Waals surface area contributed by atoms with Gasteiger partial charge in [-0.05, 0) is 32.0 Å². The van der Waals surface area contributed by atoms with Crippen LogP contribution < -0.4 is 0 Å². The zero-order valence-electron chi connectivity index (χ0n) is 12.8. The van der Waals surface area contributed by atoms with Crippen LogP contribution in [0.2, 0.25) is 0 Å². The smallest absolute Gasteiger partial charge is 0.161 e. The van der Waals surface area contributed by atoms with E-state index in [9.17, 15) is 5.11 Å². The van der Waals surface area contributed by atoms with Crippen LogP contribution >= 0.6 is 0 Å². The molecule has 4 aliphatic rings. The van der Waals surface area contributed by atoms with Crippen molar-refractivity contribution in [3.8, 4) is 0 Å². The first-order valence-corrected chi connectivity index (χ1v) is 7.86. The summed E-state index contributed by atoms with van der Waals surface area (Å²) in [4.78, 5) is 2.40. The molecule has 0 aromatic heterocycles. The van der Waals surface area contributed by atoms with Crippen molar-refractivity contribution in [1.29, 1.82) is 0 Å². The minimum absolute atomic E-state index is 0.0484. The van der Waals surface area contributed by atoms with E-state index in [-0.39, 0.29) is 11.5 Å². The van der Waals surface area contributed by atoms with Gasteiger partial charge in [0.05, 0.1) is 18.6 Å². The molecule has 4 nitrogen and oxygen atoms in total. The lowest BCUT2D eigenvalue weighted by molar-refractivity contribution is 0.0351. The summed E-state index contributed by atoms with van der Waals surface area (Å²) >= 11 is 0. The van der Waals surface area contributed by atoms with Crippen LogP contribution in [0.1, 0.15) is 25.7 Å². The molecule has 0 saturated carbocycles. The average Bonchev–Trinajstić information content (AvgIpc) is 2.72. The number of hydrogen-bond acceptors (Lipinski definition) is 4. The maximum Gasteiger partial charge on any atom is 0.161 e. The maximum atomic E-state index is 9.99. The highest BCUT2D eigenvalue weighted by Gasteiger charge is 2.55. The Morgan fingerprint density at radius 1 is 1.43 bits per heavy atom. The van der Waals surface area contributed by atoms with E-state index in [2.05, 4.69) is 18.0 Å². The van der Waals surface area contributed by atoms with Crippen molar-refractivity contribution in [3.63, 3.8) is 0 Å². The Hall–Kier alpha value is -1.26. The largest absolute Gasteiger partial charge is 0.497 e. The van der Waals surface area contributed by atoms with Crippen molar-refractivity contribution < 1.29 is 14.6 Å². The van der Waals surface area contributed by atoms with Crippen LogP contribution in [0.3, 0.4) is 0 Å². The topological polar surface area (TPSA) is 41.9 Å². The highest BCUT2D eigenvalue weighted by atomic mass is 16.5. The molecule has 1 saturated heterocycles. The number of methoxy groups -OCH3 is 1. The van der Waals surface area contributed by atoms with Gasteiger partial charge in [-0.15, -0.1) is 0 Å². The Labute approximate surface area is 125 Å². The monoisotopic (exact) mass is 289 g/mol. The van der Waals surface area contributed by atoms with Crippen molar-refractivity contribution >= 4 is 0 Å². The molecule has 0 unspecified atom stereocenters. The van der Waals surface area contributed by atoms with Gasteiger partial charge in [0.25, 0.3) is 0 Å². The third-order valence-electron chi connectivity index (χ3n) is 5.47. The van der Waals surface area contributed by atoms with E-state index in [4.69, 9.17) is 9.47 Å². The summed E-state index contributed by atoms with van der Waals surface area (Å²) < 4.78 is 11.9. The second kappa shape index (κ2) is 4.62. The van der Waals surface area contributed by atoms with Gasteiger partial charge in [0, 0.05) is 25.0 Å². The molecule has 1 N–H and O–H groups in total. The lowest BCUT2D eigenvalue weighted by Crippen LogP contribution is -2.38. The van der Waals surface area contributed by atoms with Crippen LogP contribution in [0.5, 0.6) is 0 Å². The number of likely N-dealkylation sites (N-methyl/N-ethyl adjacent to an activating group) is 1. The molecule has 0 aromatic carbocycles. The van der Waals surface area contributed by atoms with Gasteiger partial charge in [0.2, 0.25) is 0 Å². The molecular weight excluding hydrogens is 266 g/mol. The van der Waals surface area contributed by atoms with E-state index in [1.54, 1.807) is 7.11 Å². The van der Waals surface area contributed by atoms with Crippen LogP contribution in [0.15, 0.2) is 34.8 Å². The van der Waals surface area contributed by atoms with E-state index in [0.717, 1.165) is 43.9 Å². The Morgan fingerprint density at radius 2 is 2.29 bits per heavy atom. The summed E-state index contributed by atoms with van der Waals surface area (Å²) in [5.74, 6) is 1.95. The third kappa shape index (κ3) is 1.82. The van der Waals surface area contributed by atoms with Gasteiger partial charge in [-0.1, -0.05) is 12.2 Å². The summed E-state index contributed by atoms with van der Waals surface area (Å²) in [5, 5.41) is 9.99. The van der Waals surface area contributed by atoms with Crippen LogP contribution in [0.4, 0.5) is 0 Å². The first-order chi connectivity index (χ1) is 10.1. The van der Waals surface area contributed by atoms with Crippen molar-refractivity contribution in [1.82, 2.24) is 4.90 Å². The highest BCUT2D eigenvalue weighted by molar-refractivity contribution is 5.51. The van der Waals surface area contributed by atoms with Crippen molar-refractivity contribution in [2.24, 2.45) is 5.41 Å². The van der Waals surface area contributed by atoms with Gasteiger partial charge in [-0.25, -0.2) is 0 Å². The number of hydrogen-bond donors (Lipinski definition) is 1. The summed E-state index contributed by atoms with van der Waals surface area (Å²) in [5.41, 5.74) is 2.80. The molecule has 1 fully saturated rings. The fourth-order valence-corrected chi connectivity index (χ4v) is 4.41. The molecule has 4 heteroatoms. The molecule has 0 radical (unpaired) electrons. The fraction of sp³-hybridized carbons (Fsp3) is 0.647. The maximum absolute atomic E-state index is 9.99. The molecule has 0 amide bonds. The molecule has 1 spiro atoms. The second-order valence-corrected chi connectivity index (χ2v) is 6.73. The summed E-state index contributed by atoms with van der Waals surface area (Å²) in [7, 11) is 3.93. The van der Waals surface area contributed by atoms with Crippen LogP contribution in [-0.2, 0) is 9.47 Å². The lowest BCUT2D eigenvalue weighted by atomic mass is 9.67. The number of rotatable bonds is 1. The van der Waals surface area contributed by atoms with E-state index in [1.165, 1.54) is 11.1 Å². The average molecular weight is 289 g/mol. The van der Waals surface area contributed by atoms with Gasteiger partial charge in [0.15, 0.2) is 5.76 Å². The van der Waals surface area contributed by atoms with Gasteiger partial charge >= 0.3 is 0 Å². The summed E-state index contributed by atoms with van der Waals surface area (Å²) in [6, 6.07) is 0. The molecule has 0 bridgehead atoms. The standard InChI is InChI=1S/C17H23NO3/c1-18-8-7-17-6-5-12(19)9-14(17)21-16-13(20-2)4-3-11(10-18)15(16)17/h5-6,12,14,19H,3-4,7-10H2,1-2H3/t12-,14-,17-/m0/s1. The first-order valence-electron chi connectivity index (χ1n) is 7.86. The number of aliphatic hydroxyl groups excluding tert-OH is 1. The molecule has 2 heterocycles. The first kappa shape index (κ1) is 13.4. The minimum atomic E-state index is -0.391. The second-order valence-electron chi connectivity index (χ2n) is 6.73. The molecule has 3 atom stereocenters. The number of nitrogens with zero attached hydrogens (tertiary/aromatic N) is 1. The van der Waals surface area contributed by atoms with Crippen LogP contribution in [-0.4, -0.2) is 49.5 Å². The predicted octanol–water partition coefficient (Wildman–Crippen LogP) is 1.98. The van der Waals surface area contributed by atoms with Crippen molar-refractivity contribution in [3.05, 3.63) is 34.8 Å². The van der Waals surface area contributed by atoms with Crippen LogP contribution in [0.25, 0.3) is 0 Å². The SMILES string of the molecule is COC1=C2O[C@H]3C[C@@H](O)C=C[C@]34CCN(C)CC(=C24)CC1. The molecular formula is C17H23NO3. The highest BCUT2D eigenvalue weighted by Crippen LogP contribution is 2.57. The van der Waals surface area contributed by atoms with Gasteiger partial charge in [-0.2, -0.15) is 0 Å². The minimum Gasteiger partial charge on any atom is -0.497 e. The Morgan fingerprint density at radius 3 is 3.10 bits per heavy atom. The summed E-state index contributed by atoms with van der Waals surface area (Å²) in [6.45, 7) is 2.08. The number of ether oxygens (including phenoxy) is 2. The normalized spacial score (nSPS) is 38.8. The van der Waals surface area contributed by atoms with Crippen molar-refractivity contribution in [2.75, 3.05) is 27.2 Å². The fourth-order valence-electron chi connectivity index (χ4n) is 4.41. The van der Waals surface area contributed by atoms with Gasteiger partial charge in [0.1, 0.15) is 11.9 Å². The summed E-state index contributed by atoms with van der Waals surface area (Å²) in [6.07, 6.45) is 7.54. The molecule has 114 valence electrons. The van der Waals surface area contributed by atoms with E-state index >= 15 is 0 Å². The van der Waals surface area contributed by atoms with E-state index < -0.39 is 6.10 Å². The predicted molar refractivity (Wildman–Crippen MR) is 79.5 cm³/mol. The Balaban J connectivity index is 1.91. The zero-order chi connectivity index (χ0) is 14.6. The van der Waals surface area contributed by atoms with Gasteiger partial charge < -0.3 is 19.5 Å². The molecule has 0 aromatic rings. The quantitative estimate of drug-likeness (QED) is 0.750.